The van der Waals surface area contributed by atoms with Crippen LogP contribution in [-0.2, 0) is 6.42 Å². The van der Waals surface area contributed by atoms with Crippen LogP contribution in [0.3, 0.4) is 0 Å². The maximum absolute atomic E-state index is 5.65. The van der Waals surface area contributed by atoms with Crippen LogP contribution in [0.15, 0.2) is 54.6 Å². The summed E-state index contributed by atoms with van der Waals surface area (Å²) in [5.74, 6) is 0.893. The van der Waals surface area contributed by atoms with Gasteiger partial charge in [-0.1, -0.05) is 54.7 Å². The molecule has 0 aliphatic heterocycles. The summed E-state index contributed by atoms with van der Waals surface area (Å²) < 4.78 is 5.65. The predicted octanol–water partition coefficient (Wildman–Crippen LogP) is 3.72. The molecule has 0 saturated heterocycles. The first-order valence-corrected chi connectivity index (χ1v) is 7.19. The summed E-state index contributed by atoms with van der Waals surface area (Å²) in [5.41, 5.74) is 8.04. The van der Waals surface area contributed by atoms with E-state index in [2.05, 4.69) is 36.4 Å². The van der Waals surface area contributed by atoms with Crippen LogP contribution in [0.1, 0.15) is 24.0 Å². The lowest BCUT2D eigenvalue weighted by Gasteiger charge is -2.07. The van der Waals surface area contributed by atoms with Crippen molar-refractivity contribution in [2.75, 3.05) is 6.61 Å². The molecule has 0 aromatic heterocycles. The molecule has 3 heteroatoms. The van der Waals surface area contributed by atoms with E-state index in [4.69, 9.17) is 22.7 Å². The fourth-order valence-corrected chi connectivity index (χ4v) is 2.12. The Morgan fingerprint density at radius 2 is 1.60 bits per heavy atom. The molecule has 0 fully saturated rings. The van der Waals surface area contributed by atoms with E-state index in [1.165, 1.54) is 11.1 Å². The SMILES string of the molecule is NC(=S)CCCOc1ccc(Cc2ccccc2)cc1. The third kappa shape index (κ3) is 5.02. The molecular weight excluding hydrogens is 266 g/mol. The molecule has 0 amide bonds. The highest BCUT2D eigenvalue weighted by molar-refractivity contribution is 7.80. The lowest BCUT2D eigenvalue weighted by Crippen LogP contribution is -2.09. The van der Waals surface area contributed by atoms with E-state index in [0.29, 0.717) is 11.6 Å². The lowest BCUT2D eigenvalue weighted by atomic mass is 10.1. The predicted molar refractivity (Wildman–Crippen MR) is 87.2 cm³/mol. The number of thiocarbonyl (C=S) groups is 1. The van der Waals surface area contributed by atoms with Crippen molar-refractivity contribution >= 4 is 17.2 Å². The second-order valence-corrected chi connectivity index (χ2v) is 5.25. The van der Waals surface area contributed by atoms with Crippen LogP contribution < -0.4 is 10.5 Å². The van der Waals surface area contributed by atoms with Crippen molar-refractivity contribution < 1.29 is 4.74 Å². The summed E-state index contributed by atoms with van der Waals surface area (Å²) in [4.78, 5) is 0.548. The van der Waals surface area contributed by atoms with Gasteiger partial charge in [0, 0.05) is 6.42 Å². The molecule has 0 saturated carbocycles. The molecule has 2 rings (SSSR count). The molecule has 0 spiro atoms. The van der Waals surface area contributed by atoms with E-state index in [1.54, 1.807) is 0 Å². The van der Waals surface area contributed by atoms with Crippen LogP contribution >= 0.6 is 12.2 Å². The van der Waals surface area contributed by atoms with Gasteiger partial charge in [0.25, 0.3) is 0 Å². The molecule has 104 valence electrons. The summed E-state index contributed by atoms with van der Waals surface area (Å²) >= 11 is 4.83. The van der Waals surface area contributed by atoms with Crippen molar-refractivity contribution in [3.63, 3.8) is 0 Å². The largest absolute Gasteiger partial charge is 0.494 e. The summed E-state index contributed by atoms with van der Waals surface area (Å²) in [6.07, 6.45) is 2.55. The summed E-state index contributed by atoms with van der Waals surface area (Å²) in [5, 5.41) is 0. The number of hydrogen-bond acceptors (Lipinski definition) is 2. The Labute approximate surface area is 125 Å². The minimum Gasteiger partial charge on any atom is -0.494 e. The maximum Gasteiger partial charge on any atom is 0.119 e. The molecule has 2 N–H and O–H groups in total. The van der Waals surface area contributed by atoms with E-state index < -0.39 is 0 Å². The van der Waals surface area contributed by atoms with Gasteiger partial charge in [-0.2, -0.15) is 0 Å². The Kier molecular flexibility index (Phi) is 5.56. The fourth-order valence-electron chi connectivity index (χ4n) is 1.97. The average molecular weight is 285 g/mol. The minimum atomic E-state index is 0.548. The number of ether oxygens (including phenoxy) is 1. The molecule has 0 unspecified atom stereocenters. The third-order valence-electron chi connectivity index (χ3n) is 3.01. The van der Waals surface area contributed by atoms with Crippen molar-refractivity contribution in [3.8, 4) is 5.75 Å². The molecular formula is C17H19NOS. The van der Waals surface area contributed by atoms with Crippen LogP contribution in [0.5, 0.6) is 5.75 Å². The van der Waals surface area contributed by atoms with Crippen LogP contribution in [0, 0.1) is 0 Å². The average Bonchev–Trinajstić information content (AvgIpc) is 2.46. The van der Waals surface area contributed by atoms with Gasteiger partial charge in [-0.05, 0) is 36.1 Å². The molecule has 20 heavy (non-hydrogen) atoms. The van der Waals surface area contributed by atoms with Crippen molar-refractivity contribution in [2.24, 2.45) is 5.73 Å². The topological polar surface area (TPSA) is 35.2 Å². The lowest BCUT2D eigenvalue weighted by molar-refractivity contribution is 0.313. The molecule has 0 heterocycles. The fraction of sp³-hybridized carbons (Fsp3) is 0.235. The van der Waals surface area contributed by atoms with E-state index in [-0.39, 0.29) is 0 Å². The normalized spacial score (nSPS) is 10.2. The standard InChI is InChI=1S/C17H19NOS/c18-17(20)7-4-12-19-16-10-8-15(9-11-16)13-14-5-2-1-3-6-14/h1-3,5-6,8-11H,4,7,12-13H2,(H2,18,20). The second kappa shape index (κ2) is 7.65. The monoisotopic (exact) mass is 285 g/mol. The van der Waals surface area contributed by atoms with Gasteiger partial charge in [-0.3, -0.25) is 0 Å². The van der Waals surface area contributed by atoms with Crippen molar-refractivity contribution in [1.82, 2.24) is 0 Å². The minimum absolute atomic E-state index is 0.548. The smallest absolute Gasteiger partial charge is 0.119 e. The first-order chi connectivity index (χ1) is 9.74. The van der Waals surface area contributed by atoms with Crippen LogP contribution in [0.25, 0.3) is 0 Å². The van der Waals surface area contributed by atoms with Crippen molar-refractivity contribution in [1.29, 1.82) is 0 Å². The second-order valence-electron chi connectivity index (χ2n) is 4.72. The van der Waals surface area contributed by atoms with E-state index >= 15 is 0 Å². The van der Waals surface area contributed by atoms with Crippen LogP contribution in [0.2, 0.25) is 0 Å². The number of hydrogen-bond donors (Lipinski definition) is 1. The number of benzene rings is 2. The quantitative estimate of drug-likeness (QED) is 0.622. The summed E-state index contributed by atoms with van der Waals surface area (Å²) in [6.45, 7) is 0.648. The van der Waals surface area contributed by atoms with Gasteiger partial charge in [0.2, 0.25) is 0 Å². The van der Waals surface area contributed by atoms with E-state index in [0.717, 1.165) is 25.0 Å². The molecule has 0 aliphatic carbocycles. The van der Waals surface area contributed by atoms with Gasteiger partial charge < -0.3 is 10.5 Å². The Bertz CT molecular complexity index is 537. The van der Waals surface area contributed by atoms with Gasteiger partial charge in [0.15, 0.2) is 0 Å². The van der Waals surface area contributed by atoms with Gasteiger partial charge in [0.05, 0.1) is 11.6 Å². The zero-order valence-corrected chi connectivity index (χ0v) is 12.2. The first-order valence-electron chi connectivity index (χ1n) is 6.78. The molecule has 2 aromatic rings. The van der Waals surface area contributed by atoms with Crippen LogP contribution in [0.4, 0.5) is 0 Å². The van der Waals surface area contributed by atoms with Gasteiger partial charge >= 0.3 is 0 Å². The van der Waals surface area contributed by atoms with E-state index in [1.807, 2.05) is 18.2 Å². The zero-order chi connectivity index (χ0) is 14.2. The highest BCUT2D eigenvalue weighted by atomic mass is 32.1. The van der Waals surface area contributed by atoms with E-state index in [9.17, 15) is 0 Å². The Morgan fingerprint density at radius 1 is 0.950 bits per heavy atom. The molecule has 0 atom stereocenters. The van der Waals surface area contributed by atoms with Crippen molar-refractivity contribution in [3.05, 3.63) is 65.7 Å². The van der Waals surface area contributed by atoms with Crippen LogP contribution in [-0.4, -0.2) is 11.6 Å². The van der Waals surface area contributed by atoms with Gasteiger partial charge in [0.1, 0.15) is 5.75 Å². The third-order valence-corrected chi connectivity index (χ3v) is 3.21. The molecule has 0 radical (unpaired) electrons. The number of nitrogens with two attached hydrogens (primary N) is 1. The van der Waals surface area contributed by atoms with Crippen molar-refractivity contribution in [2.45, 2.75) is 19.3 Å². The first kappa shape index (κ1) is 14.5. The summed E-state index contributed by atoms with van der Waals surface area (Å²) in [7, 11) is 0. The maximum atomic E-state index is 5.65. The number of rotatable bonds is 7. The molecule has 2 nitrogen and oxygen atoms in total. The molecule has 0 aliphatic rings. The Morgan fingerprint density at radius 3 is 2.25 bits per heavy atom. The summed E-state index contributed by atoms with van der Waals surface area (Å²) in [6, 6.07) is 18.7. The molecule has 0 bridgehead atoms. The molecule has 2 aromatic carbocycles. The highest BCUT2D eigenvalue weighted by Gasteiger charge is 1.98. The Balaban J connectivity index is 1.82. The zero-order valence-electron chi connectivity index (χ0n) is 11.4. The Hall–Kier alpha value is -1.87. The highest BCUT2D eigenvalue weighted by Crippen LogP contribution is 2.15. The van der Waals surface area contributed by atoms with Gasteiger partial charge in [-0.25, -0.2) is 0 Å². The van der Waals surface area contributed by atoms with Gasteiger partial charge in [-0.15, -0.1) is 0 Å².